The molecule has 0 aliphatic carbocycles. The van der Waals surface area contributed by atoms with Crippen molar-refractivity contribution >= 4 is 6.21 Å². The van der Waals surface area contributed by atoms with Crippen LogP contribution in [0.1, 0.15) is 20.8 Å². The first-order valence-corrected chi connectivity index (χ1v) is 3.61. The first-order chi connectivity index (χ1) is 4.70. The summed E-state index contributed by atoms with van der Waals surface area (Å²) in [4.78, 5) is 0. The van der Waals surface area contributed by atoms with E-state index >= 15 is 0 Å². The van der Waals surface area contributed by atoms with E-state index in [1.807, 2.05) is 13.0 Å². The van der Waals surface area contributed by atoms with Crippen molar-refractivity contribution in [1.29, 1.82) is 5.41 Å². The summed E-state index contributed by atoms with van der Waals surface area (Å²) in [7, 11) is 0. The third-order valence-electron chi connectivity index (χ3n) is 1.18. The molecule has 10 heavy (non-hydrogen) atoms. The maximum atomic E-state index is 6.95. The van der Waals surface area contributed by atoms with Crippen LogP contribution in [0.4, 0.5) is 0 Å². The summed E-state index contributed by atoms with van der Waals surface area (Å²) in [6.45, 7) is 7.15. The molecular weight excluding hydrogens is 124 g/mol. The molecule has 0 atom stereocenters. The zero-order valence-electron chi connectivity index (χ0n) is 6.94. The van der Waals surface area contributed by atoms with Crippen molar-refractivity contribution in [2.24, 2.45) is 5.92 Å². The van der Waals surface area contributed by atoms with Crippen LogP contribution in [0.25, 0.3) is 0 Å². The van der Waals surface area contributed by atoms with Crippen molar-refractivity contribution in [2.45, 2.75) is 20.8 Å². The molecule has 0 aromatic rings. The van der Waals surface area contributed by atoms with Crippen LogP contribution >= 0.6 is 0 Å². The van der Waals surface area contributed by atoms with Crippen LogP contribution in [0.3, 0.4) is 0 Å². The van der Waals surface area contributed by atoms with Gasteiger partial charge in [-0.05, 0) is 12.8 Å². The molecule has 0 aromatic carbocycles. The SMILES string of the molecule is C/C=C(\C=N)NCC(C)C. The molecule has 2 heteroatoms. The normalized spacial score (nSPS) is 11.8. The Bertz CT molecular complexity index is 125. The lowest BCUT2D eigenvalue weighted by Crippen LogP contribution is -2.19. The fraction of sp³-hybridized carbons (Fsp3) is 0.625. The molecule has 2 N–H and O–H groups in total. The molecule has 0 aliphatic rings. The molecule has 0 aromatic heterocycles. The van der Waals surface area contributed by atoms with Crippen LogP contribution in [0.5, 0.6) is 0 Å². The Hall–Kier alpha value is -0.790. The van der Waals surface area contributed by atoms with Crippen molar-refractivity contribution in [3.63, 3.8) is 0 Å². The van der Waals surface area contributed by atoms with Gasteiger partial charge in [-0.25, -0.2) is 0 Å². The Morgan fingerprint density at radius 3 is 2.50 bits per heavy atom. The second-order valence-corrected chi connectivity index (χ2v) is 2.66. The van der Waals surface area contributed by atoms with E-state index in [1.165, 1.54) is 6.21 Å². The Morgan fingerprint density at radius 1 is 1.60 bits per heavy atom. The molecular formula is C8H16N2. The number of rotatable bonds is 4. The van der Waals surface area contributed by atoms with E-state index < -0.39 is 0 Å². The minimum atomic E-state index is 0.634. The quantitative estimate of drug-likeness (QED) is 0.574. The highest BCUT2D eigenvalue weighted by molar-refractivity contribution is 5.74. The number of nitrogens with one attached hydrogen (secondary N) is 2. The highest BCUT2D eigenvalue weighted by Crippen LogP contribution is 1.90. The van der Waals surface area contributed by atoms with Crippen molar-refractivity contribution in [2.75, 3.05) is 6.54 Å². The van der Waals surface area contributed by atoms with Crippen LogP contribution in [-0.4, -0.2) is 12.8 Å². The van der Waals surface area contributed by atoms with Crippen LogP contribution in [-0.2, 0) is 0 Å². The average Bonchev–Trinajstić information content (AvgIpc) is 1.90. The molecule has 0 unspecified atom stereocenters. The monoisotopic (exact) mass is 140 g/mol. The lowest BCUT2D eigenvalue weighted by atomic mass is 10.2. The molecule has 0 saturated heterocycles. The van der Waals surface area contributed by atoms with Crippen LogP contribution in [0.2, 0.25) is 0 Å². The minimum absolute atomic E-state index is 0.634. The van der Waals surface area contributed by atoms with Crippen LogP contribution in [0.15, 0.2) is 11.8 Å². The Kier molecular flexibility index (Phi) is 4.63. The smallest absolute Gasteiger partial charge is 0.0475 e. The fourth-order valence-electron chi connectivity index (χ4n) is 0.558. The third kappa shape index (κ3) is 4.13. The molecule has 2 nitrogen and oxygen atoms in total. The highest BCUT2D eigenvalue weighted by Gasteiger charge is 1.92. The van der Waals surface area contributed by atoms with Gasteiger partial charge in [-0.1, -0.05) is 19.9 Å². The summed E-state index contributed by atoms with van der Waals surface area (Å²) in [5, 5.41) is 10.1. The van der Waals surface area contributed by atoms with E-state index in [1.54, 1.807) is 0 Å². The highest BCUT2D eigenvalue weighted by atomic mass is 14.9. The maximum Gasteiger partial charge on any atom is 0.0475 e. The van der Waals surface area contributed by atoms with Gasteiger partial charge in [-0.3, -0.25) is 0 Å². The molecule has 58 valence electrons. The van der Waals surface area contributed by atoms with Crippen molar-refractivity contribution in [3.05, 3.63) is 11.8 Å². The predicted molar refractivity (Wildman–Crippen MR) is 45.4 cm³/mol. The van der Waals surface area contributed by atoms with Gasteiger partial charge in [0.05, 0.1) is 0 Å². The van der Waals surface area contributed by atoms with Crippen LogP contribution < -0.4 is 5.32 Å². The maximum absolute atomic E-state index is 6.95. The molecule has 0 amide bonds. The first kappa shape index (κ1) is 9.21. The topological polar surface area (TPSA) is 35.9 Å². The summed E-state index contributed by atoms with van der Waals surface area (Å²) in [6, 6.07) is 0. The Balaban J connectivity index is 3.56. The lowest BCUT2D eigenvalue weighted by molar-refractivity contribution is 0.605. The van der Waals surface area contributed by atoms with Crippen LogP contribution in [0, 0.1) is 11.3 Å². The van der Waals surface area contributed by atoms with E-state index in [9.17, 15) is 0 Å². The second-order valence-electron chi connectivity index (χ2n) is 2.66. The van der Waals surface area contributed by atoms with Crippen molar-refractivity contribution in [3.8, 4) is 0 Å². The zero-order valence-corrected chi connectivity index (χ0v) is 6.94. The zero-order chi connectivity index (χ0) is 7.98. The summed E-state index contributed by atoms with van der Waals surface area (Å²) < 4.78 is 0. The average molecular weight is 140 g/mol. The van der Waals surface area contributed by atoms with Gasteiger partial charge < -0.3 is 10.7 Å². The van der Waals surface area contributed by atoms with E-state index in [2.05, 4.69) is 19.2 Å². The number of hydrogen-bond donors (Lipinski definition) is 2. The number of allylic oxidation sites excluding steroid dienone is 2. The number of hydrogen-bond acceptors (Lipinski definition) is 2. The standard InChI is InChI=1S/C8H16N2/c1-4-8(5-9)10-6-7(2)3/h4-5,7,9-10H,6H2,1-3H3/b8-4+,9-5?. The van der Waals surface area contributed by atoms with E-state index in [0.29, 0.717) is 5.92 Å². The minimum Gasteiger partial charge on any atom is -0.384 e. The summed E-state index contributed by atoms with van der Waals surface area (Å²) in [6.07, 6.45) is 3.23. The second kappa shape index (κ2) is 5.03. The third-order valence-corrected chi connectivity index (χ3v) is 1.18. The molecule has 0 fully saturated rings. The predicted octanol–water partition coefficient (Wildman–Crippen LogP) is 1.79. The Morgan fingerprint density at radius 2 is 2.20 bits per heavy atom. The largest absolute Gasteiger partial charge is 0.384 e. The van der Waals surface area contributed by atoms with E-state index in [4.69, 9.17) is 5.41 Å². The summed E-state index contributed by atoms with van der Waals surface area (Å²) >= 11 is 0. The molecule has 0 spiro atoms. The fourth-order valence-corrected chi connectivity index (χ4v) is 0.558. The molecule has 0 heterocycles. The van der Waals surface area contributed by atoms with Gasteiger partial charge >= 0.3 is 0 Å². The van der Waals surface area contributed by atoms with Crippen molar-refractivity contribution in [1.82, 2.24) is 5.32 Å². The molecule has 0 radical (unpaired) electrons. The van der Waals surface area contributed by atoms with Gasteiger partial charge in [0.1, 0.15) is 0 Å². The first-order valence-electron chi connectivity index (χ1n) is 3.61. The van der Waals surface area contributed by atoms with Gasteiger partial charge in [0.15, 0.2) is 0 Å². The van der Waals surface area contributed by atoms with E-state index in [-0.39, 0.29) is 0 Å². The van der Waals surface area contributed by atoms with Gasteiger partial charge in [0.2, 0.25) is 0 Å². The summed E-state index contributed by atoms with van der Waals surface area (Å²) in [5.74, 6) is 0.634. The lowest BCUT2D eigenvalue weighted by Gasteiger charge is -2.07. The van der Waals surface area contributed by atoms with Gasteiger partial charge in [0, 0.05) is 18.5 Å². The van der Waals surface area contributed by atoms with Gasteiger partial charge in [-0.15, -0.1) is 0 Å². The Labute approximate surface area is 62.8 Å². The van der Waals surface area contributed by atoms with Gasteiger partial charge in [-0.2, -0.15) is 0 Å². The van der Waals surface area contributed by atoms with E-state index in [0.717, 1.165) is 12.2 Å². The van der Waals surface area contributed by atoms with Crippen molar-refractivity contribution < 1.29 is 0 Å². The molecule has 0 saturated carbocycles. The molecule has 0 bridgehead atoms. The van der Waals surface area contributed by atoms with Gasteiger partial charge in [0.25, 0.3) is 0 Å². The summed E-state index contributed by atoms with van der Waals surface area (Å²) in [5.41, 5.74) is 0.897. The molecule has 0 aliphatic heterocycles. The molecule has 0 rings (SSSR count).